The summed E-state index contributed by atoms with van der Waals surface area (Å²) in [5.74, 6) is -1.47. The number of thiazole rings is 1. The van der Waals surface area contributed by atoms with Gasteiger partial charge >= 0.3 is 12.1 Å². The van der Waals surface area contributed by atoms with E-state index in [2.05, 4.69) is 21.9 Å². The lowest BCUT2D eigenvalue weighted by Gasteiger charge is -2.10. The van der Waals surface area contributed by atoms with E-state index in [0.29, 0.717) is 17.4 Å². The Balaban J connectivity index is 0.000000873. The molecule has 3 heterocycles. The molecule has 0 atom stereocenters. The second-order valence-electron chi connectivity index (χ2n) is 8.81. The number of hydrogen-bond acceptors (Lipinski definition) is 7. The summed E-state index contributed by atoms with van der Waals surface area (Å²) in [7, 11) is 0. The van der Waals surface area contributed by atoms with Crippen LogP contribution in [0.2, 0.25) is 0 Å². The van der Waals surface area contributed by atoms with Crippen molar-refractivity contribution in [3.8, 4) is 20.9 Å². The third-order valence-electron chi connectivity index (χ3n) is 4.82. The van der Waals surface area contributed by atoms with Crippen LogP contribution in [0.1, 0.15) is 76.0 Å². The number of rotatable bonds is 6. The van der Waals surface area contributed by atoms with Crippen LogP contribution >= 0.6 is 22.7 Å². The smallest absolute Gasteiger partial charge is 0.417 e. The van der Waals surface area contributed by atoms with Gasteiger partial charge in [0.1, 0.15) is 17.2 Å². The van der Waals surface area contributed by atoms with Crippen molar-refractivity contribution in [2.24, 2.45) is 0 Å². The van der Waals surface area contributed by atoms with Crippen molar-refractivity contribution in [3.05, 3.63) is 83.5 Å². The lowest BCUT2D eigenvalue weighted by atomic mass is 10.0. The quantitative estimate of drug-likeness (QED) is 0.209. The first-order valence-electron chi connectivity index (χ1n) is 13.0. The Morgan fingerprint density at radius 2 is 1.62 bits per heavy atom. The van der Waals surface area contributed by atoms with E-state index in [1.807, 2.05) is 76.4 Å². The topological polar surface area (TPSA) is 92.2 Å². The van der Waals surface area contributed by atoms with Crippen LogP contribution in [0.15, 0.2) is 66.7 Å². The predicted molar refractivity (Wildman–Crippen MR) is 168 cm³/mol. The summed E-state index contributed by atoms with van der Waals surface area (Å²) in [4.78, 5) is 31.4. The van der Waals surface area contributed by atoms with Crippen LogP contribution in [-0.2, 0) is 11.0 Å². The number of carbonyl (C=O) groups is 2. The van der Waals surface area contributed by atoms with Crippen molar-refractivity contribution in [3.63, 3.8) is 0 Å². The summed E-state index contributed by atoms with van der Waals surface area (Å²) in [6.07, 6.45) is -2.33. The van der Waals surface area contributed by atoms with Crippen molar-refractivity contribution in [1.82, 2.24) is 9.97 Å². The zero-order valence-corrected chi connectivity index (χ0v) is 26.3. The van der Waals surface area contributed by atoms with Crippen LogP contribution in [0, 0.1) is 0 Å². The van der Waals surface area contributed by atoms with Crippen LogP contribution in [0.3, 0.4) is 0 Å². The summed E-state index contributed by atoms with van der Waals surface area (Å²) in [6, 6.07) is 12.7. The van der Waals surface area contributed by atoms with Gasteiger partial charge < -0.3 is 15.2 Å². The number of anilines is 2. The van der Waals surface area contributed by atoms with Gasteiger partial charge in [-0.3, -0.25) is 0 Å². The molecule has 0 amide bonds. The van der Waals surface area contributed by atoms with Crippen LogP contribution in [0.25, 0.3) is 20.9 Å². The summed E-state index contributed by atoms with van der Waals surface area (Å²) in [5, 5.41) is 14.6. The number of allylic oxidation sites excluding steroid dienone is 1. The van der Waals surface area contributed by atoms with Crippen LogP contribution < -0.4 is 5.32 Å². The highest BCUT2D eigenvalue weighted by atomic mass is 32.1. The van der Waals surface area contributed by atoms with Gasteiger partial charge in [0.15, 0.2) is 5.13 Å². The Morgan fingerprint density at radius 3 is 2.07 bits per heavy atom. The SMILES string of the molecule is C=CC.CC.CC(C)=O.CC(C)c1nc(Nc2ncc(C(F)(F)F)cc2C(=O)O)sc1-c1ccc(-c2cccs2)cc1. The molecule has 0 fully saturated rings. The Bertz CT molecular complexity index is 1430. The zero-order chi connectivity index (χ0) is 32.0. The van der Waals surface area contributed by atoms with Gasteiger partial charge in [-0.2, -0.15) is 13.2 Å². The van der Waals surface area contributed by atoms with E-state index in [1.54, 1.807) is 17.4 Å². The van der Waals surface area contributed by atoms with Crippen molar-refractivity contribution in [2.75, 3.05) is 5.32 Å². The fraction of sp³-hybridized carbons (Fsp3) is 0.290. The third kappa shape index (κ3) is 10.9. The van der Waals surface area contributed by atoms with Crippen LogP contribution in [0.4, 0.5) is 24.1 Å². The van der Waals surface area contributed by atoms with Gasteiger partial charge in [-0.15, -0.1) is 17.9 Å². The van der Waals surface area contributed by atoms with Gasteiger partial charge in [0.2, 0.25) is 0 Å². The number of pyridine rings is 1. The molecule has 0 aliphatic heterocycles. The number of carboxylic acid groups (broad SMARTS) is 1. The zero-order valence-electron chi connectivity index (χ0n) is 24.7. The normalized spacial score (nSPS) is 10.3. The number of aromatic carboxylic acids is 1. The van der Waals surface area contributed by atoms with Crippen molar-refractivity contribution < 1.29 is 27.9 Å². The number of halogens is 3. The van der Waals surface area contributed by atoms with E-state index in [9.17, 15) is 27.9 Å². The lowest BCUT2D eigenvalue weighted by Crippen LogP contribution is -2.11. The molecule has 0 aliphatic rings. The highest BCUT2D eigenvalue weighted by Crippen LogP contribution is 2.39. The van der Waals surface area contributed by atoms with Crippen molar-refractivity contribution >= 4 is 45.4 Å². The van der Waals surface area contributed by atoms with E-state index in [-0.39, 0.29) is 17.5 Å². The molecule has 0 bridgehead atoms. The molecule has 0 spiro atoms. The van der Waals surface area contributed by atoms with Gasteiger partial charge in [-0.1, -0.05) is 75.4 Å². The molecule has 0 radical (unpaired) electrons. The fourth-order valence-electron chi connectivity index (χ4n) is 3.20. The number of carboxylic acids is 1. The number of thiophene rings is 1. The maximum atomic E-state index is 13.0. The molecule has 0 aliphatic carbocycles. The van der Waals surface area contributed by atoms with E-state index in [1.165, 1.54) is 25.2 Å². The molecule has 0 unspecified atom stereocenters. The van der Waals surface area contributed by atoms with Crippen LogP contribution in [-0.4, -0.2) is 26.8 Å². The number of Topliss-reactive ketones (excluding diaryl/α,β-unsaturated/α-hetero) is 1. The van der Waals surface area contributed by atoms with Gasteiger partial charge in [0.05, 0.1) is 16.1 Å². The number of alkyl halides is 3. The minimum atomic E-state index is -4.69. The molecule has 2 N–H and O–H groups in total. The highest BCUT2D eigenvalue weighted by molar-refractivity contribution is 7.19. The molecular formula is C31H36F3N3O3S2. The summed E-state index contributed by atoms with van der Waals surface area (Å²) < 4.78 is 38.9. The Hall–Kier alpha value is -3.83. The number of ketones is 1. The molecule has 4 aromatic rings. The lowest BCUT2D eigenvalue weighted by molar-refractivity contribution is -0.137. The number of aromatic nitrogens is 2. The summed E-state index contributed by atoms with van der Waals surface area (Å²) in [6.45, 7) is 16.3. The maximum Gasteiger partial charge on any atom is 0.417 e. The second-order valence-corrected chi connectivity index (χ2v) is 10.8. The van der Waals surface area contributed by atoms with Crippen LogP contribution in [0.5, 0.6) is 0 Å². The standard InChI is InChI=1S/C23H18F3N3O2S2.C3H6O.C3H6.C2H6/c1-12(2)18-19(14-7-5-13(6-8-14)17-4-3-9-32-17)33-22(28-18)29-20-16(21(30)31)10-15(11-27-20)23(24,25)26;1-3(2)4;1-3-2;1-2/h3-12H,1-2H3,(H,30,31)(H,27,28,29);1-2H3;3H,1H2,2H3;1-2H3. The monoisotopic (exact) mass is 619 g/mol. The summed E-state index contributed by atoms with van der Waals surface area (Å²) >= 11 is 2.95. The molecule has 0 saturated heterocycles. The average molecular weight is 620 g/mol. The largest absolute Gasteiger partial charge is 0.478 e. The molecule has 3 aromatic heterocycles. The molecule has 11 heteroatoms. The minimum absolute atomic E-state index is 0.0725. The fourth-order valence-corrected chi connectivity index (χ4v) is 5.05. The number of carbonyl (C=O) groups excluding carboxylic acids is 1. The molecular weight excluding hydrogens is 583 g/mol. The van der Waals surface area contributed by atoms with Gasteiger partial charge in [0, 0.05) is 11.1 Å². The minimum Gasteiger partial charge on any atom is -0.478 e. The number of nitrogens with one attached hydrogen (secondary N) is 1. The van der Waals surface area contributed by atoms with Gasteiger partial charge in [-0.05, 0) is 55.3 Å². The third-order valence-corrected chi connectivity index (χ3v) is 6.78. The second kappa shape index (κ2) is 17.2. The average Bonchev–Trinajstić information content (AvgIpc) is 3.60. The molecule has 226 valence electrons. The van der Waals surface area contributed by atoms with Gasteiger partial charge in [-0.25, -0.2) is 14.8 Å². The first kappa shape index (κ1) is 36.2. The number of benzene rings is 1. The van der Waals surface area contributed by atoms with Gasteiger partial charge in [0.25, 0.3) is 0 Å². The van der Waals surface area contributed by atoms with Crippen molar-refractivity contribution in [2.45, 2.75) is 60.6 Å². The number of hydrogen-bond donors (Lipinski definition) is 2. The highest BCUT2D eigenvalue weighted by Gasteiger charge is 2.32. The van der Waals surface area contributed by atoms with Crippen molar-refractivity contribution in [1.29, 1.82) is 0 Å². The maximum absolute atomic E-state index is 13.0. The Morgan fingerprint density at radius 1 is 1.07 bits per heavy atom. The first-order chi connectivity index (χ1) is 19.8. The first-order valence-corrected chi connectivity index (χ1v) is 14.7. The molecule has 6 nitrogen and oxygen atoms in total. The van der Waals surface area contributed by atoms with E-state index >= 15 is 0 Å². The number of nitrogens with zero attached hydrogens (tertiary/aromatic N) is 2. The molecule has 1 aromatic carbocycles. The Labute approximate surface area is 253 Å². The van der Waals surface area contributed by atoms with E-state index in [4.69, 9.17) is 0 Å². The summed E-state index contributed by atoms with van der Waals surface area (Å²) in [5.41, 5.74) is 1.15. The van der Waals surface area contributed by atoms with E-state index in [0.717, 1.165) is 26.6 Å². The predicted octanol–water partition coefficient (Wildman–Crippen LogP) is 10.3. The molecule has 4 rings (SSSR count). The molecule has 0 saturated carbocycles. The Kier molecular flexibility index (Phi) is 14.8. The van der Waals surface area contributed by atoms with E-state index < -0.39 is 23.3 Å². The molecule has 42 heavy (non-hydrogen) atoms.